The normalized spacial score (nSPS) is 32.1. The molecule has 116 valence electrons. The van der Waals surface area contributed by atoms with Crippen LogP contribution in [-0.2, 0) is 0 Å². The van der Waals surface area contributed by atoms with Crippen molar-refractivity contribution in [1.82, 2.24) is 4.90 Å². The molecule has 3 nitrogen and oxygen atoms in total. The zero-order valence-electron chi connectivity index (χ0n) is 12.6. The topological polar surface area (TPSA) is 49.5 Å². The molecular weight excluding hydrogens is 328 g/mol. The van der Waals surface area contributed by atoms with Gasteiger partial charge in [-0.2, -0.15) is 0 Å². The molecule has 1 saturated heterocycles. The molecule has 5 atom stereocenters. The van der Waals surface area contributed by atoms with Crippen LogP contribution in [0.4, 0.5) is 0 Å². The zero-order valence-corrected chi connectivity index (χ0v) is 14.2. The number of nitrogens with zero attached hydrogens (tertiary/aromatic N) is 1. The summed E-state index contributed by atoms with van der Waals surface area (Å²) in [6.07, 6.45) is 2.98. The Morgan fingerprint density at radius 2 is 2.10 bits per heavy atom. The number of likely N-dealkylation sites (tertiary alicyclic amines) is 1. The minimum Gasteiger partial charge on any atom is -0.393 e. The molecule has 1 aliphatic heterocycles. The number of hydrogen-bond acceptors (Lipinski definition) is 3. The minimum absolute atomic E-state index is 0.113. The van der Waals surface area contributed by atoms with Crippen LogP contribution < -0.4 is 5.73 Å². The summed E-state index contributed by atoms with van der Waals surface area (Å²) >= 11 is 3.68. The summed E-state index contributed by atoms with van der Waals surface area (Å²) in [6, 6.07) is 8.76. The minimum atomic E-state index is -0.113. The van der Waals surface area contributed by atoms with E-state index in [4.69, 9.17) is 5.73 Å². The Balaban J connectivity index is 1.86. The molecule has 21 heavy (non-hydrogen) atoms. The van der Waals surface area contributed by atoms with Crippen molar-refractivity contribution in [2.75, 3.05) is 13.1 Å². The summed E-state index contributed by atoms with van der Waals surface area (Å²) in [4.78, 5) is 2.51. The molecule has 1 aliphatic carbocycles. The average molecular weight is 353 g/mol. The molecule has 3 N–H and O–H groups in total. The third-order valence-corrected chi connectivity index (χ3v) is 6.06. The third-order valence-electron chi connectivity index (χ3n) is 5.34. The number of benzene rings is 1. The van der Waals surface area contributed by atoms with E-state index in [0.29, 0.717) is 11.8 Å². The molecule has 1 aromatic rings. The number of aliphatic hydroxyl groups is 1. The van der Waals surface area contributed by atoms with Crippen LogP contribution in [0.1, 0.15) is 37.8 Å². The van der Waals surface area contributed by atoms with Crippen LogP contribution in [0.15, 0.2) is 28.7 Å². The van der Waals surface area contributed by atoms with E-state index >= 15 is 0 Å². The summed E-state index contributed by atoms with van der Waals surface area (Å²) in [6.45, 7) is 4.20. The van der Waals surface area contributed by atoms with Gasteiger partial charge in [0.25, 0.3) is 0 Å². The lowest BCUT2D eigenvalue weighted by Crippen LogP contribution is -2.40. The predicted molar refractivity (Wildman–Crippen MR) is 88.9 cm³/mol. The fourth-order valence-corrected chi connectivity index (χ4v) is 4.65. The van der Waals surface area contributed by atoms with Crippen LogP contribution >= 0.6 is 15.9 Å². The van der Waals surface area contributed by atoms with Crippen LogP contribution in [0, 0.1) is 11.8 Å². The number of rotatable bonds is 4. The first-order chi connectivity index (χ1) is 10.1. The van der Waals surface area contributed by atoms with Gasteiger partial charge in [0.05, 0.1) is 12.1 Å². The lowest BCUT2D eigenvalue weighted by molar-refractivity contribution is 0.114. The summed E-state index contributed by atoms with van der Waals surface area (Å²) in [5.41, 5.74) is 7.74. The first kappa shape index (κ1) is 15.5. The lowest BCUT2D eigenvalue weighted by atomic mass is 9.96. The second kappa shape index (κ2) is 6.37. The predicted octanol–water partition coefficient (Wildman–Crippen LogP) is 2.93. The van der Waals surface area contributed by atoms with Gasteiger partial charge in [0, 0.05) is 29.5 Å². The van der Waals surface area contributed by atoms with E-state index in [1.807, 2.05) is 6.07 Å². The average Bonchev–Trinajstić information content (AvgIpc) is 3.04. The molecule has 1 saturated carbocycles. The highest BCUT2D eigenvalue weighted by Crippen LogP contribution is 2.43. The summed E-state index contributed by atoms with van der Waals surface area (Å²) in [7, 11) is 0. The monoisotopic (exact) mass is 352 g/mol. The van der Waals surface area contributed by atoms with Gasteiger partial charge >= 0.3 is 0 Å². The number of hydrogen-bond donors (Lipinski definition) is 2. The van der Waals surface area contributed by atoms with Gasteiger partial charge < -0.3 is 10.8 Å². The Morgan fingerprint density at radius 1 is 1.33 bits per heavy atom. The van der Waals surface area contributed by atoms with Crippen molar-refractivity contribution in [1.29, 1.82) is 0 Å². The van der Waals surface area contributed by atoms with Gasteiger partial charge in [-0.05, 0) is 36.8 Å². The standard InChI is InChI=1S/C17H25BrN2O/c1-2-15(19)17(12-5-3-4-6-14(12)18)20-9-11-7-8-16(21)13(11)10-20/h3-6,11,13,15-17,21H,2,7-10,19H2,1H3. The molecule has 0 radical (unpaired) electrons. The van der Waals surface area contributed by atoms with E-state index < -0.39 is 0 Å². The molecule has 0 aromatic heterocycles. The van der Waals surface area contributed by atoms with E-state index in [2.05, 4.69) is 46.0 Å². The van der Waals surface area contributed by atoms with Gasteiger partial charge in [-0.3, -0.25) is 4.90 Å². The maximum Gasteiger partial charge on any atom is 0.0583 e. The fraction of sp³-hybridized carbons (Fsp3) is 0.647. The second-order valence-corrected chi connectivity index (χ2v) is 7.42. The van der Waals surface area contributed by atoms with Crippen LogP contribution in [-0.4, -0.2) is 35.2 Å². The molecule has 2 aliphatic rings. The van der Waals surface area contributed by atoms with Crippen molar-refractivity contribution < 1.29 is 5.11 Å². The molecule has 4 heteroatoms. The van der Waals surface area contributed by atoms with Gasteiger partial charge in [0.15, 0.2) is 0 Å². The van der Waals surface area contributed by atoms with E-state index in [0.717, 1.165) is 36.8 Å². The molecule has 0 bridgehead atoms. The van der Waals surface area contributed by atoms with Crippen molar-refractivity contribution in [3.8, 4) is 0 Å². The van der Waals surface area contributed by atoms with Gasteiger partial charge in [-0.15, -0.1) is 0 Å². The van der Waals surface area contributed by atoms with Crippen molar-refractivity contribution in [2.45, 2.75) is 44.4 Å². The van der Waals surface area contributed by atoms with Gasteiger partial charge in [0.1, 0.15) is 0 Å². The number of halogens is 1. The van der Waals surface area contributed by atoms with Crippen molar-refractivity contribution >= 4 is 15.9 Å². The fourth-order valence-electron chi connectivity index (χ4n) is 4.13. The Labute approximate surface area is 135 Å². The highest BCUT2D eigenvalue weighted by molar-refractivity contribution is 9.10. The number of fused-ring (bicyclic) bond motifs is 1. The van der Waals surface area contributed by atoms with Gasteiger partial charge in [0.2, 0.25) is 0 Å². The first-order valence-electron chi connectivity index (χ1n) is 8.04. The van der Waals surface area contributed by atoms with Crippen LogP contribution in [0.2, 0.25) is 0 Å². The second-order valence-electron chi connectivity index (χ2n) is 6.56. The molecule has 1 aromatic carbocycles. The van der Waals surface area contributed by atoms with E-state index in [1.165, 1.54) is 5.56 Å². The maximum atomic E-state index is 10.2. The third kappa shape index (κ3) is 2.91. The highest BCUT2D eigenvalue weighted by Gasteiger charge is 2.44. The van der Waals surface area contributed by atoms with Gasteiger partial charge in [-0.1, -0.05) is 41.1 Å². The van der Waals surface area contributed by atoms with Crippen LogP contribution in [0.3, 0.4) is 0 Å². The van der Waals surface area contributed by atoms with Crippen LogP contribution in [0.25, 0.3) is 0 Å². The Hall–Kier alpha value is -0.420. The number of nitrogens with two attached hydrogens (primary N) is 1. The lowest BCUT2D eigenvalue weighted by Gasteiger charge is -2.34. The smallest absolute Gasteiger partial charge is 0.0583 e. The van der Waals surface area contributed by atoms with Gasteiger partial charge in [-0.25, -0.2) is 0 Å². The Bertz CT molecular complexity index is 495. The SMILES string of the molecule is CCC(N)C(c1ccccc1Br)N1CC2CCC(O)C2C1. The maximum absolute atomic E-state index is 10.2. The Kier molecular flexibility index (Phi) is 4.69. The van der Waals surface area contributed by atoms with Crippen LogP contribution in [0.5, 0.6) is 0 Å². The largest absolute Gasteiger partial charge is 0.393 e. The van der Waals surface area contributed by atoms with Crippen molar-refractivity contribution in [2.24, 2.45) is 17.6 Å². The molecular formula is C17H25BrN2O. The summed E-state index contributed by atoms with van der Waals surface area (Å²) in [5.74, 6) is 1.09. The zero-order chi connectivity index (χ0) is 15.0. The quantitative estimate of drug-likeness (QED) is 0.875. The van der Waals surface area contributed by atoms with E-state index in [-0.39, 0.29) is 18.2 Å². The Morgan fingerprint density at radius 3 is 2.76 bits per heavy atom. The first-order valence-corrected chi connectivity index (χ1v) is 8.83. The molecule has 1 heterocycles. The van der Waals surface area contributed by atoms with Crippen molar-refractivity contribution in [3.63, 3.8) is 0 Å². The van der Waals surface area contributed by atoms with E-state index in [1.54, 1.807) is 0 Å². The molecule has 3 rings (SSSR count). The van der Waals surface area contributed by atoms with Crippen molar-refractivity contribution in [3.05, 3.63) is 34.3 Å². The highest BCUT2D eigenvalue weighted by atomic mass is 79.9. The van der Waals surface area contributed by atoms with E-state index in [9.17, 15) is 5.11 Å². The number of aliphatic hydroxyl groups excluding tert-OH is 1. The summed E-state index contributed by atoms with van der Waals surface area (Å²) < 4.78 is 1.14. The molecule has 5 unspecified atom stereocenters. The molecule has 2 fully saturated rings. The molecule has 0 spiro atoms. The summed E-state index contributed by atoms with van der Waals surface area (Å²) in [5, 5.41) is 10.2. The molecule has 0 amide bonds.